The fraction of sp³-hybridized carbons (Fsp3) is 1.00. The minimum atomic E-state index is -1.96. The Balaban J connectivity index is 4.22. The molecular weight excluding hydrogens is 164 g/mol. The highest BCUT2D eigenvalue weighted by molar-refractivity contribution is 6.72. The largest absolute Gasteiger partial charge is 0.432 e. The molecule has 0 aliphatic rings. The molecule has 0 aromatic carbocycles. The first-order valence-electron chi connectivity index (χ1n) is 4.93. The van der Waals surface area contributed by atoms with E-state index in [0.29, 0.717) is 0 Å². The quantitative estimate of drug-likeness (QED) is 0.670. The first kappa shape index (κ1) is 12.2. The lowest BCUT2D eigenvalue weighted by Gasteiger charge is -2.36. The van der Waals surface area contributed by atoms with Gasteiger partial charge >= 0.3 is 0 Å². The molecule has 0 aromatic rings. The molecular formula is C10H24OSi. The second-order valence-electron chi connectivity index (χ2n) is 5.16. The fourth-order valence-electron chi connectivity index (χ4n) is 1.27. The van der Waals surface area contributed by atoms with E-state index in [9.17, 15) is 4.80 Å². The first-order valence-corrected chi connectivity index (χ1v) is 7.88. The standard InChI is InChI=1S/C10H24OSi/c1-7-9(2)8-10(3,4)12(5,6)11/h9,11H,7-8H2,1-6H3. The van der Waals surface area contributed by atoms with Gasteiger partial charge in [-0.1, -0.05) is 34.1 Å². The highest BCUT2D eigenvalue weighted by atomic mass is 28.4. The van der Waals surface area contributed by atoms with E-state index in [0.717, 1.165) is 12.3 Å². The maximum atomic E-state index is 10.0. The number of rotatable bonds is 4. The monoisotopic (exact) mass is 188 g/mol. The van der Waals surface area contributed by atoms with E-state index in [2.05, 4.69) is 27.7 Å². The lowest BCUT2D eigenvalue weighted by molar-refractivity contribution is 0.384. The van der Waals surface area contributed by atoms with Gasteiger partial charge in [0.2, 0.25) is 0 Å². The lowest BCUT2D eigenvalue weighted by Crippen LogP contribution is -2.39. The van der Waals surface area contributed by atoms with Crippen molar-refractivity contribution in [3.05, 3.63) is 0 Å². The average Bonchev–Trinajstić information content (AvgIpc) is 1.84. The zero-order valence-corrected chi connectivity index (χ0v) is 10.4. The van der Waals surface area contributed by atoms with Gasteiger partial charge in [-0.3, -0.25) is 0 Å². The fourth-order valence-corrected chi connectivity index (χ4v) is 2.11. The van der Waals surface area contributed by atoms with Crippen LogP contribution in [0.5, 0.6) is 0 Å². The molecule has 0 aliphatic heterocycles. The van der Waals surface area contributed by atoms with Crippen LogP contribution in [0.15, 0.2) is 0 Å². The zero-order valence-electron chi connectivity index (χ0n) is 9.44. The molecule has 0 amide bonds. The Labute approximate surface area is 78.3 Å². The molecule has 0 rings (SSSR count). The number of hydrogen-bond acceptors (Lipinski definition) is 1. The van der Waals surface area contributed by atoms with Gasteiger partial charge in [-0.05, 0) is 30.5 Å². The molecule has 12 heavy (non-hydrogen) atoms. The van der Waals surface area contributed by atoms with Crippen molar-refractivity contribution in [3.63, 3.8) is 0 Å². The van der Waals surface area contributed by atoms with E-state index in [4.69, 9.17) is 0 Å². The predicted molar refractivity (Wildman–Crippen MR) is 57.8 cm³/mol. The molecule has 0 bridgehead atoms. The Bertz CT molecular complexity index is 135. The van der Waals surface area contributed by atoms with Crippen molar-refractivity contribution in [1.82, 2.24) is 0 Å². The molecule has 2 heteroatoms. The van der Waals surface area contributed by atoms with Gasteiger partial charge in [0.15, 0.2) is 8.32 Å². The summed E-state index contributed by atoms with van der Waals surface area (Å²) >= 11 is 0. The molecule has 74 valence electrons. The molecule has 0 aromatic heterocycles. The van der Waals surface area contributed by atoms with E-state index >= 15 is 0 Å². The van der Waals surface area contributed by atoms with Gasteiger partial charge in [0, 0.05) is 0 Å². The van der Waals surface area contributed by atoms with Crippen molar-refractivity contribution in [2.24, 2.45) is 5.92 Å². The van der Waals surface area contributed by atoms with Crippen molar-refractivity contribution in [2.75, 3.05) is 0 Å². The van der Waals surface area contributed by atoms with Crippen LogP contribution in [-0.4, -0.2) is 13.1 Å². The minimum Gasteiger partial charge on any atom is -0.432 e. The van der Waals surface area contributed by atoms with E-state index < -0.39 is 8.32 Å². The van der Waals surface area contributed by atoms with Gasteiger partial charge in [-0.25, -0.2) is 0 Å². The maximum absolute atomic E-state index is 10.0. The Morgan fingerprint density at radius 1 is 1.33 bits per heavy atom. The van der Waals surface area contributed by atoms with E-state index in [-0.39, 0.29) is 5.04 Å². The van der Waals surface area contributed by atoms with Crippen LogP contribution in [-0.2, 0) is 0 Å². The highest BCUT2D eigenvalue weighted by Gasteiger charge is 2.38. The molecule has 1 atom stereocenters. The normalized spacial score (nSPS) is 16.2. The molecule has 0 saturated carbocycles. The highest BCUT2D eigenvalue weighted by Crippen LogP contribution is 2.41. The molecule has 1 N–H and O–H groups in total. The summed E-state index contributed by atoms with van der Waals surface area (Å²) < 4.78 is 0. The van der Waals surface area contributed by atoms with Crippen molar-refractivity contribution < 1.29 is 4.80 Å². The van der Waals surface area contributed by atoms with Crippen LogP contribution >= 0.6 is 0 Å². The molecule has 0 fully saturated rings. The Kier molecular flexibility index (Phi) is 3.98. The van der Waals surface area contributed by atoms with Crippen LogP contribution in [0.1, 0.15) is 40.5 Å². The second kappa shape index (κ2) is 3.92. The first-order chi connectivity index (χ1) is 5.20. The van der Waals surface area contributed by atoms with Crippen LogP contribution in [0.25, 0.3) is 0 Å². The van der Waals surface area contributed by atoms with Gasteiger partial charge in [0.1, 0.15) is 0 Å². The Hall–Kier alpha value is 0.177. The van der Waals surface area contributed by atoms with Crippen molar-refractivity contribution in [1.29, 1.82) is 0 Å². The summed E-state index contributed by atoms with van der Waals surface area (Å²) in [7, 11) is -1.96. The summed E-state index contributed by atoms with van der Waals surface area (Å²) in [5.41, 5.74) is 0. The van der Waals surface area contributed by atoms with Gasteiger partial charge < -0.3 is 4.80 Å². The topological polar surface area (TPSA) is 20.2 Å². The summed E-state index contributed by atoms with van der Waals surface area (Å²) in [5, 5.41) is 0.155. The second-order valence-corrected chi connectivity index (χ2v) is 9.63. The van der Waals surface area contributed by atoms with Crippen molar-refractivity contribution in [2.45, 2.75) is 58.7 Å². The van der Waals surface area contributed by atoms with Crippen LogP contribution in [0, 0.1) is 5.92 Å². The van der Waals surface area contributed by atoms with E-state index in [1.807, 2.05) is 13.1 Å². The van der Waals surface area contributed by atoms with E-state index in [1.165, 1.54) is 6.42 Å². The molecule has 0 saturated heterocycles. The van der Waals surface area contributed by atoms with Crippen molar-refractivity contribution in [3.8, 4) is 0 Å². The van der Waals surface area contributed by atoms with Crippen LogP contribution in [0.2, 0.25) is 18.1 Å². The molecule has 0 heterocycles. The molecule has 0 spiro atoms. The van der Waals surface area contributed by atoms with Gasteiger partial charge in [0.25, 0.3) is 0 Å². The SMILES string of the molecule is CCC(C)CC(C)(C)[Si](C)(C)O. The molecule has 0 aliphatic carbocycles. The van der Waals surface area contributed by atoms with Crippen LogP contribution in [0.3, 0.4) is 0 Å². The predicted octanol–water partition coefficient (Wildman–Crippen LogP) is 3.40. The lowest BCUT2D eigenvalue weighted by atomic mass is 9.96. The zero-order chi connectivity index (χ0) is 9.99. The maximum Gasteiger partial charge on any atom is 0.188 e. The van der Waals surface area contributed by atoms with Crippen molar-refractivity contribution >= 4 is 8.32 Å². The van der Waals surface area contributed by atoms with Crippen LogP contribution in [0.4, 0.5) is 0 Å². The summed E-state index contributed by atoms with van der Waals surface area (Å²) in [4.78, 5) is 10.0. The van der Waals surface area contributed by atoms with Gasteiger partial charge in [0.05, 0.1) is 0 Å². The summed E-state index contributed by atoms with van der Waals surface area (Å²) in [5.74, 6) is 0.735. The Morgan fingerprint density at radius 2 is 1.75 bits per heavy atom. The van der Waals surface area contributed by atoms with E-state index in [1.54, 1.807) is 0 Å². The Morgan fingerprint density at radius 3 is 2.00 bits per heavy atom. The van der Waals surface area contributed by atoms with Gasteiger partial charge in [-0.15, -0.1) is 0 Å². The smallest absolute Gasteiger partial charge is 0.188 e. The molecule has 0 radical (unpaired) electrons. The minimum absolute atomic E-state index is 0.155. The summed E-state index contributed by atoms with van der Waals surface area (Å²) in [6.07, 6.45) is 2.37. The number of hydrogen-bond donors (Lipinski definition) is 1. The molecule has 1 unspecified atom stereocenters. The third-order valence-corrected chi connectivity index (χ3v) is 6.73. The van der Waals surface area contributed by atoms with Gasteiger partial charge in [-0.2, -0.15) is 0 Å². The average molecular weight is 188 g/mol. The third-order valence-electron chi connectivity index (χ3n) is 3.21. The molecule has 1 nitrogen and oxygen atoms in total. The summed E-state index contributed by atoms with van der Waals surface area (Å²) in [6, 6.07) is 0. The third kappa shape index (κ3) is 3.28. The summed E-state index contributed by atoms with van der Waals surface area (Å²) in [6.45, 7) is 13.0. The van der Waals surface area contributed by atoms with Crippen LogP contribution < -0.4 is 0 Å².